The number of rotatable bonds is 6. The van der Waals surface area contributed by atoms with Gasteiger partial charge in [0.1, 0.15) is 6.10 Å². The average Bonchev–Trinajstić information content (AvgIpc) is 3.00. The molecule has 0 N–H and O–H groups in total. The summed E-state index contributed by atoms with van der Waals surface area (Å²) in [4.78, 5) is 0. The number of ether oxygens (including phenoxy) is 4. The highest BCUT2D eigenvalue weighted by Crippen LogP contribution is 2.39. The lowest BCUT2D eigenvalue weighted by Crippen LogP contribution is -2.46. The summed E-state index contributed by atoms with van der Waals surface area (Å²) < 4.78 is 24.8. The van der Waals surface area contributed by atoms with Crippen LogP contribution < -0.4 is 0 Å². The largest absolute Gasteiger partial charge is 0.373 e. The van der Waals surface area contributed by atoms with Crippen LogP contribution in [0.1, 0.15) is 37.8 Å². The van der Waals surface area contributed by atoms with E-state index >= 15 is 0 Å². The molecule has 144 valence electrons. The fourth-order valence-electron chi connectivity index (χ4n) is 3.97. The Morgan fingerprint density at radius 2 is 1.41 bits per heavy atom. The topological polar surface area (TPSA) is 36.9 Å². The molecule has 4 nitrogen and oxygen atoms in total. The van der Waals surface area contributed by atoms with E-state index in [0.29, 0.717) is 13.2 Å². The van der Waals surface area contributed by atoms with Gasteiger partial charge in [-0.05, 0) is 25.0 Å². The van der Waals surface area contributed by atoms with Gasteiger partial charge in [-0.3, -0.25) is 0 Å². The van der Waals surface area contributed by atoms with Crippen LogP contribution in [0.4, 0.5) is 0 Å². The van der Waals surface area contributed by atoms with Gasteiger partial charge in [-0.2, -0.15) is 0 Å². The third kappa shape index (κ3) is 4.77. The Morgan fingerprint density at radius 1 is 0.815 bits per heavy atom. The minimum absolute atomic E-state index is 0.00953. The zero-order chi connectivity index (χ0) is 18.7. The van der Waals surface area contributed by atoms with Gasteiger partial charge in [0.25, 0.3) is 0 Å². The second-order valence-electron chi connectivity index (χ2n) is 7.86. The second kappa shape index (κ2) is 8.11. The molecule has 2 aromatic carbocycles. The van der Waals surface area contributed by atoms with Gasteiger partial charge in [0, 0.05) is 12.8 Å². The first-order chi connectivity index (χ1) is 13.1. The van der Waals surface area contributed by atoms with Crippen LogP contribution in [-0.2, 0) is 32.2 Å². The van der Waals surface area contributed by atoms with Crippen LogP contribution in [0.3, 0.4) is 0 Å². The lowest BCUT2D eigenvalue weighted by molar-refractivity contribution is -0.160. The van der Waals surface area contributed by atoms with E-state index in [9.17, 15) is 0 Å². The average molecular weight is 368 g/mol. The van der Waals surface area contributed by atoms with Crippen molar-refractivity contribution in [3.8, 4) is 0 Å². The van der Waals surface area contributed by atoms with E-state index in [1.54, 1.807) is 0 Å². The van der Waals surface area contributed by atoms with Gasteiger partial charge in [-0.25, -0.2) is 0 Å². The summed E-state index contributed by atoms with van der Waals surface area (Å²) >= 11 is 0. The van der Waals surface area contributed by atoms with E-state index in [2.05, 4.69) is 24.3 Å². The van der Waals surface area contributed by atoms with Crippen molar-refractivity contribution >= 4 is 0 Å². The first-order valence-electron chi connectivity index (χ1n) is 9.76. The maximum absolute atomic E-state index is 6.27. The first kappa shape index (κ1) is 18.6. The quantitative estimate of drug-likeness (QED) is 0.754. The van der Waals surface area contributed by atoms with Gasteiger partial charge in [0.15, 0.2) is 5.79 Å². The number of hydrogen-bond acceptors (Lipinski definition) is 4. The van der Waals surface area contributed by atoms with Crippen molar-refractivity contribution in [1.29, 1.82) is 0 Å². The fourth-order valence-corrected chi connectivity index (χ4v) is 3.97. The lowest BCUT2D eigenvalue weighted by Gasteiger charge is -2.36. The predicted octanol–water partition coefficient (Wildman–Crippen LogP) is 4.47. The molecule has 2 fully saturated rings. The molecule has 1 aliphatic heterocycles. The van der Waals surface area contributed by atoms with Crippen LogP contribution in [0.2, 0.25) is 0 Å². The molecular weight excluding hydrogens is 340 g/mol. The molecule has 4 rings (SSSR count). The Kier molecular flexibility index (Phi) is 5.60. The van der Waals surface area contributed by atoms with E-state index in [4.69, 9.17) is 18.9 Å². The zero-order valence-electron chi connectivity index (χ0n) is 16.0. The Balaban J connectivity index is 1.41. The van der Waals surface area contributed by atoms with Crippen LogP contribution in [0, 0.1) is 0 Å². The van der Waals surface area contributed by atoms with Crippen molar-refractivity contribution in [1.82, 2.24) is 0 Å². The Morgan fingerprint density at radius 3 is 2.04 bits per heavy atom. The Labute approximate surface area is 161 Å². The highest BCUT2D eigenvalue weighted by Gasteiger charge is 2.50. The molecule has 1 unspecified atom stereocenters. The van der Waals surface area contributed by atoms with Gasteiger partial charge in [0.2, 0.25) is 0 Å². The standard InChI is InChI=1S/C23H28O4/c1-23(2)26-21-14-19(24-15-17-9-5-3-6-10-17)13-20(22(21)27-23)25-16-18-11-7-4-8-12-18/h3-12,19-22H,13-16H2,1-2H3/t19-,20+,21-,22?/m0/s1. The molecule has 4 heteroatoms. The van der Waals surface area contributed by atoms with Gasteiger partial charge < -0.3 is 18.9 Å². The molecule has 0 bridgehead atoms. The highest BCUT2D eigenvalue weighted by atomic mass is 16.8. The molecule has 0 aromatic heterocycles. The number of fused-ring (bicyclic) bond motifs is 1. The van der Waals surface area contributed by atoms with E-state index in [0.717, 1.165) is 12.8 Å². The molecule has 1 saturated heterocycles. The van der Waals surface area contributed by atoms with Crippen LogP contribution in [0.15, 0.2) is 60.7 Å². The zero-order valence-corrected chi connectivity index (χ0v) is 16.0. The van der Waals surface area contributed by atoms with Crippen molar-refractivity contribution in [3.05, 3.63) is 71.8 Å². The summed E-state index contributed by atoms with van der Waals surface area (Å²) in [7, 11) is 0. The van der Waals surface area contributed by atoms with Crippen LogP contribution in [0.25, 0.3) is 0 Å². The van der Waals surface area contributed by atoms with Gasteiger partial charge in [-0.1, -0.05) is 60.7 Å². The second-order valence-corrected chi connectivity index (χ2v) is 7.86. The summed E-state index contributed by atoms with van der Waals surface area (Å²) in [5.74, 6) is -0.571. The van der Waals surface area contributed by atoms with Crippen LogP contribution >= 0.6 is 0 Å². The molecule has 0 amide bonds. The third-order valence-corrected chi connectivity index (χ3v) is 5.21. The molecule has 0 spiro atoms. The molecule has 4 atom stereocenters. The molecule has 1 saturated carbocycles. The van der Waals surface area contributed by atoms with Crippen molar-refractivity contribution in [2.24, 2.45) is 0 Å². The van der Waals surface area contributed by atoms with Gasteiger partial charge >= 0.3 is 0 Å². The van der Waals surface area contributed by atoms with Crippen molar-refractivity contribution < 1.29 is 18.9 Å². The Bertz CT molecular complexity index is 716. The first-order valence-corrected chi connectivity index (χ1v) is 9.76. The molecule has 0 radical (unpaired) electrons. The minimum Gasteiger partial charge on any atom is -0.373 e. The highest BCUT2D eigenvalue weighted by molar-refractivity contribution is 5.14. The smallest absolute Gasteiger partial charge is 0.163 e. The molecule has 2 aromatic rings. The van der Waals surface area contributed by atoms with Crippen molar-refractivity contribution in [2.75, 3.05) is 0 Å². The molecular formula is C23H28O4. The summed E-state index contributed by atoms with van der Waals surface area (Å²) in [6.07, 6.45) is 1.69. The van der Waals surface area contributed by atoms with E-state index in [1.807, 2.05) is 50.2 Å². The predicted molar refractivity (Wildman–Crippen MR) is 103 cm³/mol. The van der Waals surface area contributed by atoms with E-state index < -0.39 is 5.79 Å². The van der Waals surface area contributed by atoms with Gasteiger partial charge in [-0.15, -0.1) is 0 Å². The van der Waals surface area contributed by atoms with Crippen LogP contribution in [-0.4, -0.2) is 30.2 Å². The summed E-state index contributed by atoms with van der Waals surface area (Å²) in [6, 6.07) is 20.5. The van der Waals surface area contributed by atoms with Crippen LogP contribution in [0.5, 0.6) is 0 Å². The summed E-state index contributed by atoms with van der Waals surface area (Å²) in [6.45, 7) is 5.13. The van der Waals surface area contributed by atoms with E-state index in [1.165, 1.54) is 11.1 Å². The van der Waals surface area contributed by atoms with Gasteiger partial charge in [0.05, 0.1) is 31.5 Å². The normalized spacial score (nSPS) is 29.4. The minimum atomic E-state index is -0.571. The maximum Gasteiger partial charge on any atom is 0.163 e. The Hall–Kier alpha value is -1.72. The molecule has 27 heavy (non-hydrogen) atoms. The van der Waals surface area contributed by atoms with Crippen molar-refractivity contribution in [2.45, 2.75) is 70.1 Å². The maximum atomic E-state index is 6.27. The van der Waals surface area contributed by atoms with E-state index in [-0.39, 0.29) is 24.4 Å². The number of hydrogen-bond donors (Lipinski definition) is 0. The monoisotopic (exact) mass is 368 g/mol. The summed E-state index contributed by atoms with van der Waals surface area (Å²) in [5.41, 5.74) is 2.35. The molecule has 1 heterocycles. The fraction of sp³-hybridized carbons (Fsp3) is 0.478. The molecule has 2 aliphatic rings. The number of benzene rings is 2. The summed E-state index contributed by atoms with van der Waals surface area (Å²) in [5, 5.41) is 0. The molecule has 1 aliphatic carbocycles. The van der Waals surface area contributed by atoms with Crippen molar-refractivity contribution in [3.63, 3.8) is 0 Å². The SMILES string of the molecule is CC1(C)OC2[C@H](C[C@@H](OCc3ccccc3)C[C@H]2OCc2ccccc2)O1. The third-order valence-electron chi connectivity index (χ3n) is 5.21. The lowest BCUT2D eigenvalue weighted by atomic mass is 9.89.